The van der Waals surface area contributed by atoms with E-state index in [1.165, 1.54) is 11.1 Å². The Bertz CT molecular complexity index is 243. The third-order valence-electron chi connectivity index (χ3n) is 2.08. The molecule has 0 aromatic heterocycles. The molecule has 0 atom stereocenters. The lowest BCUT2D eigenvalue weighted by atomic mass is 10.1. The molecule has 1 N–H and O–H groups in total. The van der Waals surface area contributed by atoms with Crippen molar-refractivity contribution in [1.29, 1.82) is 0 Å². The molecule has 1 rings (SSSR count). The Morgan fingerprint density at radius 3 is 2.57 bits per heavy atom. The van der Waals surface area contributed by atoms with Gasteiger partial charge in [0.25, 0.3) is 0 Å². The minimum absolute atomic E-state index is 0.794. The van der Waals surface area contributed by atoms with Crippen LogP contribution < -0.4 is 5.32 Å². The van der Waals surface area contributed by atoms with Crippen molar-refractivity contribution in [2.45, 2.75) is 20.4 Å². The summed E-state index contributed by atoms with van der Waals surface area (Å²) in [7, 11) is 0. The largest absolute Gasteiger partial charge is 0.380 e. The summed E-state index contributed by atoms with van der Waals surface area (Å²) in [5.41, 5.74) is 2.63. The summed E-state index contributed by atoms with van der Waals surface area (Å²) in [4.78, 5) is 0. The molecule has 0 saturated carbocycles. The van der Waals surface area contributed by atoms with Gasteiger partial charge < -0.3 is 10.1 Å². The van der Waals surface area contributed by atoms with Gasteiger partial charge in [0.15, 0.2) is 0 Å². The van der Waals surface area contributed by atoms with Crippen LogP contribution in [0, 0.1) is 6.92 Å². The molecule has 0 heterocycles. The second-order valence-electron chi connectivity index (χ2n) is 3.36. The van der Waals surface area contributed by atoms with Crippen molar-refractivity contribution in [3.05, 3.63) is 35.4 Å². The average molecular weight is 193 g/mol. The Morgan fingerprint density at radius 1 is 1.21 bits per heavy atom. The second kappa shape index (κ2) is 6.57. The zero-order valence-electron chi connectivity index (χ0n) is 9.05. The standard InChI is InChI=1S/C12H19NO/c1-3-14-9-8-13-10-12-6-4-11(2)5-7-12/h4-7,13H,3,8-10H2,1-2H3. The van der Waals surface area contributed by atoms with Crippen LogP contribution in [0.25, 0.3) is 0 Å². The Kier molecular flexibility index (Phi) is 5.27. The fraction of sp³-hybridized carbons (Fsp3) is 0.500. The topological polar surface area (TPSA) is 21.3 Å². The zero-order valence-corrected chi connectivity index (χ0v) is 9.05. The number of benzene rings is 1. The van der Waals surface area contributed by atoms with Crippen LogP contribution in [0.5, 0.6) is 0 Å². The van der Waals surface area contributed by atoms with Crippen LogP contribution in [0.2, 0.25) is 0 Å². The van der Waals surface area contributed by atoms with Crippen molar-refractivity contribution < 1.29 is 4.74 Å². The molecule has 78 valence electrons. The lowest BCUT2D eigenvalue weighted by Gasteiger charge is -2.05. The molecular weight excluding hydrogens is 174 g/mol. The molecule has 0 aliphatic heterocycles. The lowest BCUT2D eigenvalue weighted by Crippen LogP contribution is -2.19. The molecule has 0 aliphatic rings. The van der Waals surface area contributed by atoms with E-state index in [0.29, 0.717) is 0 Å². The summed E-state index contributed by atoms with van der Waals surface area (Å²) in [5.74, 6) is 0. The fourth-order valence-electron chi connectivity index (χ4n) is 1.23. The van der Waals surface area contributed by atoms with E-state index in [2.05, 4.69) is 36.5 Å². The van der Waals surface area contributed by atoms with E-state index in [9.17, 15) is 0 Å². The Balaban J connectivity index is 2.15. The highest BCUT2D eigenvalue weighted by molar-refractivity contribution is 5.20. The highest BCUT2D eigenvalue weighted by Gasteiger charge is 1.91. The number of aryl methyl sites for hydroxylation is 1. The Hall–Kier alpha value is -0.860. The summed E-state index contributed by atoms with van der Waals surface area (Å²) in [6, 6.07) is 8.59. The number of hydrogen-bond acceptors (Lipinski definition) is 2. The molecule has 0 fully saturated rings. The molecule has 0 unspecified atom stereocenters. The van der Waals surface area contributed by atoms with Crippen molar-refractivity contribution in [2.75, 3.05) is 19.8 Å². The van der Waals surface area contributed by atoms with Crippen LogP contribution in [0.15, 0.2) is 24.3 Å². The van der Waals surface area contributed by atoms with E-state index in [0.717, 1.165) is 26.3 Å². The SMILES string of the molecule is CCOCCNCc1ccc(C)cc1. The maximum absolute atomic E-state index is 5.23. The number of nitrogens with one attached hydrogen (secondary N) is 1. The summed E-state index contributed by atoms with van der Waals surface area (Å²) in [6.45, 7) is 7.55. The average Bonchev–Trinajstić information content (AvgIpc) is 2.21. The van der Waals surface area contributed by atoms with Gasteiger partial charge in [0.2, 0.25) is 0 Å². The maximum atomic E-state index is 5.23. The molecular formula is C12H19NO. The number of ether oxygens (including phenoxy) is 1. The van der Waals surface area contributed by atoms with Crippen LogP contribution >= 0.6 is 0 Å². The van der Waals surface area contributed by atoms with E-state index in [-0.39, 0.29) is 0 Å². The van der Waals surface area contributed by atoms with Crippen molar-refractivity contribution in [3.63, 3.8) is 0 Å². The van der Waals surface area contributed by atoms with Gasteiger partial charge >= 0.3 is 0 Å². The third kappa shape index (κ3) is 4.40. The van der Waals surface area contributed by atoms with Gasteiger partial charge in [-0.2, -0.15) is 0 Å². The molecule has 1 aromatic carbocycles. The van der Waals surface area contributed by atoms with Gasteiger partial charge in [0.05, 0.1) is 6.61 Å². The first-order valence-electron chi connectivity index (χ1n) is 5.17. The molecule has 1 aromatic rings. The third-order valence-corrected chi connectivity index (χ3v) is 2.08. The van der Waals surface area contributed by atoms with Crippen LogP contribution in [-0.2, 0) is 11.3 Å². The second-order valence-corrected chi connectivity index (χ2v) is 3.36. The molecule has 0 saturated heterocycles. The Morgan fingerprint density at radius 2 is 1.93 bits per heavy atom. The van der Waals surface area contributed by atoms with Gasteiger partial charge in [0.1, 0.15) is 0 Å². The van der Waals surface area contributed by atoms with Gasteiger partial charge in [0, 0.05) is 19.7 Å². The predicted molar refractivity (Wildman–Crippen MR) is 59.4 cm³/mol. The zero-order chi connectivity index (χ0) is 10.2. The normalized spacial score (nSPS) is 10.4. The number of rotatable bonds is 6. The smallest absolute Gasteiger partial charge is 0.0590 e. The van der Waals surface area contributed by atoms with Gasteiger partial charge in [-0.15, -0.1) is 0 Å². The quantitative estimate of drug-likeness (QED) is 0.699. The molecule has 0 aliphatic carbocycles. The van der Waals surface area contributed by atoms with Crippen molar-refractivity contribution in [1.82, 2.24) is 5.32 Å². The van der Waals surface area contributed by atoms with Gasteiger partial charge in [-0.05, 0) is 19.4 Å². The minimum atomic E-state index is 0.794. The number of hydrogen-bond donors (Lipinski definition) is 1. The van der Waals surface area contributed by atoms with E-state index < -0.39 is 0 Å². The van der Waals surface area contributed by atoms with Crippen LogP contribution in [0.3, 0.4) is 0 Å². The highest BCUT2D eigenvalue weighted by Crippen LogP contribution is 2.01. The monoisotopic (exact) mass is 193 g/mol. The maximum Gasteiger partial charge on any atom is 0.0590 e. The van der Waals surface area contributed by atoms with E-state index in [1.54, 1.807) is 0 Å². The van der Waals surface area contributed by atoms with Gasteiger partial charge in [-0.25, -0.2) is 0 Å². The summed E-state index contributed by atoms with van der Waals surface area (Å²) in [5, 5.41) is 3.33. The molecule has 2 heteroatoms. The van der Waals surface area contributed by atoms with Crippen LogP contribution in [-0.4, -0.2) is 19.8 Å². The van der Waals surface area contributed by atoms with E-state index in [4.69, 9.17) is 4.74 Å². The summed E-state index contributed by atoms with van der Waals surface area (Å²) >= 11 is 0. The Labute approximate surface area is 86.3 Å². The lowest BCUT2D eigenvalue weighted by molar-refractivity contribution is 0.149. The van der Waals surface area contributed by atoms with Crippen molar-refractivity contribution in [3.8, 4) is 0 Å². The van der Waals surface area contributed by atoms with Crippen LogP contribution in [0.1, 0.15) is 18.1 Å². The molecule has 14 heavy (non-hydrogen) atoms. The van der Waals surface area contributed by atoms with Crippen molar-refractivity contribution in [2.24, 2.45) is 0 Å². The van der Waals surface area contributed by atoms with Gasteiger partial charge in [-0.1, -0.05) is 29.8 Å². The first-order valence-corrected chi connectivity index (χ1v) is 5.17. The minimum Gasteiger partial charge on any atom is -0.380 e. The molecule has 0 bridgehead atoms. The summed E-state index contributed by atoms with van der Waals surface area (Å²) < 4.78 is 5.23. The molecule has 0 radical (unpaired) electrons. The highest BCUT2D eigenvalue weighted by atomic mass is 16.5. The van der Waals surface area contributed by atoms with Crippen molar-refractivity contribution >= 4 is 0 Å². The fourth-order valence-corrected chi connectivity index (χ4v) is 1.23. The van der Waals surface area contributed by atoms with Crippen LogP contribution in [0.4, 0.5) is 0 Å². The first-order chi connectivity index (χ1) is 6.83. The molecule has 2 nitrogen and oxygen atoms in total. The first kappa shape index (κ1) is 11.2. The molecule has 0 spiro atoms. The molecule has 0 amide bonds. The van der Waals surface area contributed by atoms with Gasteiger partial charge in [-0.3, -0.25) is 0 Å². The predicted octanol–water partition coefficient (Wildman–Crippen LogP) is 2.12. The summed E-state index contributed by atoms with van der Waals surface area (Å²) in [6.07, 6.45) is 0. The van der Waals surface area contributed by atoms with E-state index in [1.807, 2.05) is 6.92 Å². The van der Waals surface area contributed by atoms with E-state index >= 15 is 0 Å².